The van der Waals surface area contributed by atoms with E-state index < -0.39 is 12.6 Å². The molecule has 0 radical (unpaired) electrons. The Morgan fingerprint density at radius 1 is 1.25 bits per heavy atom. The number of nitrogens with one attached hydrogen (secondary N) is 1. The summed E-state index contributed by atoms with van der Waals surface area (Å²) in [5.41, 5.74) is 2.14. The fourth-order valence-electron chi connectivity index (χ4n) is 2.09. The molecule has 0 bridgehead atoms. The van der Waals surface area contributed by atoms with Crippen LogP contribution in [0.25, 0.3) is 0 Å². The molecule has 20 heavy (non-hydrogen) atoms. The highest BCUT2D eigenvalue weighted by Gasteiger charge is 2.26. The van der Waals surface area contributed by atoms with E-state index in [1.54, 1.807) is 0 Å². The molecular formula is C15H23F3N2. The minimum Gasteiger partial charge on any atom is -0.383 e. The molecule has 0 aromatic heterocycles. The molecule has 0 heterocycles. The number of halogens is 3. The van der Waals surface area contributed by atoms with Crippen molar-refractivity contribution in [3.05, 3.63) is 29.8 Å². The normalized spacial score (nSPS) is 13.6. The van der Waals surface area contributed by atoms with Gasteiger partial charge in [0, 0.05) is 24.7 Å². The van der Waals surface area contributed by atoms with Crippen molar-refractivity contribution in [1.29, 1.82) is 0 Å². The first kappa shape index (κ1) is 16.8. The van der Waals surface area contributed by atoms with Gasteiger partial charge in [-0.25, -0.2) is 0 Å². The van der Waals surface area contributed by atoms with Crippen LogP contribution >= 0.6 is 0 Å². The molecule has 1 aromatic carbocycles. The fraction of sp³-hybridized carbons (Fsp3) is 0.600. The van der Waals surface area contributed by atoms with Crippen LogP contribution in [-0.2, 0) is 6.54 Å². The van der Waals surface area contributed by atoms with Crippen molar-refractivity contribution in [3.8, 4) is 0 Å². The van der Waals surface area contributed by atoms with Gasteiger partial charge in [-0.1, -0.05) is 12.1 Å². The first-order valence-electron chi connectivity index (χ1n) is 6.83. The van der Waals surface area contributed by atoms with Crippen molar-refractivity contribution in [3.63, 3.8) is 0 Å². The number of benzene rings is 1. The molecule has 114 valence electrons. The molecule has 0 aliphatic heterocycles. The molecule has 1 N–H and O–H groups in total. The second-order valence-corrected chi connectivity index (χ2v) is 5.49. The molecule has 0 spiro atoms. The van der Waals surface area contributed by atoms with Gasteiger partial charge in [0.25, 0.3) is 0 Å². The largest absolute Gasteiger partial charge is 0.389 e. The van der Waals surface area contributed by atoms with Crippen molar-refractivity contribution in [2.45, 2.75) is 44.9 Å². The fourth-order valence-corrected chi connectivity index (χ4v) is 2.09. The van der Waals surface area contributed by atoms with E-state index in [0.29, 0.717) is 6.42 Å². The van der Waals surface area contributed by atoms with Gasteiger partial charge in [0.15, 0.2) is 0 Å². The molecule has 5 heteroatoms. The first-order valence-corrected chi connectivity index (χ1v) is 6.83. The van der Waals surface area contributed by atoms with Crippen LogP contribution in [0.4, 0.5) is 18.9 Å². The topological polar surface area (TPSA) is 15.3 Å². The lowest BCUT2D eigenvalue weighted by molar-refractivity contribution is -0.135. The monoisotopic (exact) mass is 288 g/mol. The van der Waals surface area contributed by atoms with Gasteiger partial charge in [0.2, 0.25) is 0 Å². The van der Waals surface area contributed by atoms with E-state index in [1.165, 1.54) is 5.56 Å². The zero-order chi connectivity index (χ0) is 15.2. The van der Waals surface area contributed by atoms with Crippen LogP contribution in [0.2, 0.25) is 0 Å². The van der Waals surface area contributed by atoms with E-state index in [-0.39, 0.29) is 12.5 Å². The van der Waals surface area contributed by atoms with E-state index in [4.69, 9.17) is 0 Å². The lowest BCUT2D eigenvalue weighted by Crippen LogP contribution is -2.17. The number of alkyl halides is 3. The molecular weight excluding hydrogens is 265 g/mol. The number of nitrogens with zero attached hydrogens (tertiary/aromatic N) is 1. The number of hydrogen-bond acceptors (Lipinski definition) is 2. The number of rotatable bonds is 7. The predicted molar refractivity (Wildman–Crippen MR) is 76.8 cm³/mol. The van der Waals surface area contributed by atoms with Crippen LogP contribution in [-0.4, -0.2) is 31.2 Å². The third-order valence-electron chi connectivity index (χ3n) is 2.94. The summed E-state index contributed by atoms with van der Waals surface area (Å²) in [6.45, 7) is 2.76. The highest BCUT2D eigenvalue weighted by atomic mass is 19.4. The number of anilines is 1. The minimum absolute atomic E-state index is 0.0342. The summed E-state index contributed by atoms with van der Waals surface area (Å²) in [5, 5.41) is 3.26. The summed E-state index contributed by atoms with van der Waals surface area (Å²) in [6.07, 6.45) is -4.09. The predicted octanol–water partition coefficient (Wildman–Crippen LogP) is 4.28. The summed E-state index contributed by atoms with van der Waals surface area (Å²) in [4.78, 5) is 2.08. The lowest BCUT2D eigenvalue weighted by atomic mass is 10.1. The Bertz CT molecular complexity index is 402. The van der Waals surface area contributed by atoms with Gasteiger partial charge in [0.1, 0.15) is 0 Å². The average molecular weight is 288 g/mol. The van der Waals surface area contributed by atoms with Gasteiger partial charge in [-0.15, -0.1) is 0 Å². The second kappa shape index (κ2) is 7.53. The molecule has 1 aromatic rings. The molecule has 0 fully saturated rings. The maximum absolute atomic E-state index is 12.1. The summed E-state index contributed by atoms with van der Waals surface area (Å²) in [6, 6.07) is 8.02. The number of hydrogen-bond donors (Lipinski definition) is 1. The summed E-state index contributed by atoms with van der Waals surface area (Å²) < 4.78 is 36.2. The van der Waals surface area contributed by atoms with Crippen LogP contribution in [0.3, 0.4) is 0 Å². The molecule has 0 amide bonds. The van der Waals surface area contributed by atoms with Gasteiger partial charge in [-0.2, -0.15) is 13.2 Å². The van der Waals surface area contributed by atoms with Crippen molar-refractivity contribution >= 4 is 5.69 Å². The molecule has 1 unspecified atom stereocenters. The standard InChI is InChI=1S/C15H23F3N2/c1-12(6-5-9-15(16,17)18)19-14-8-4-7-13(10-14)11-20(2)3/h4,7-8,10,12,19H,5-6,9,11H2,1-3H3. The van der Waals surface area contributed by atoms with Crippen LogP contribution in [0.15, 0.2) is 24.3 Å². The van der Waals surface area contributed by atoms with Crippen molar-refractivity contribution in [2.24, 2.45) is 0 Å². The average Bonchev–Trinajstić information content (AvgIpc) is 2.26. The molecule has 0 saturated heterocycles. The van der Waals surface area contributed by atoms with Gasteiger partial charge >= 0.3 is 6.18 Å². The van der Waals surface area contributed by atoms with Gasteiger partial charge in [-0.3, -0.25) is 0 Å². The molecule has 0 saturated carbocycles. The highest BCUT2D eigenvalue weighted by molar-refractivity contribution is 5.46. The molecule has 0 aliphatic carbocycles. The SMILES string of the molecule is CC(CCCC(F)(F)F)Nc1cccc(CN(C)C)c1. The Labute approximate surface area is 119 Å². The van der Waals surface area contributed by atoms with E-state index in [9.17, 15) is 13.2 Å². The summed E-state index contributed by atoms with van der Waals surface area (Å²) in [7, 11) is 4.00. The van der Waals surface area contributed by atoms with E-state index in [0.717, 1.165) is 12.2 Å². The van der Waals surface area contributed by atoms with Crippen LogP contribution in [0.1, 0.15) is 31.7 Å². The molecule has 0 aliphatic rings. The second-order valence-electron chi connectivity index (χ2n) is 5.49. The molecule has 1 rings (SSSR count). The highest BCUT2D eigenvalue weighted by Crippen LogP contribution is 2.23. The van der Waals surface area contributed by atoms with Crippen molar-refractivity contribution in [1.82, 2.24) is 4.90 Å². The Balaban J connectivity index is 2.43. The van der Waals surface area contributed by atoms with Gasteiger partial charge < -0.3 is 10.2 Å². The Kier molecular flexibility index (Phi) is 6.33. The zero-order valence-corrected chi connectivity index (χ0v) is 12.3. The van der Waals surface area contributed by atoms with E-state index in [2.05, 4.69) is 10.2 Å². The smallest absolute Gasteiger partial charge is 0.383 e. The van der Waals surface area contributed by atoms with Crippen LogP contribution < -0.4 is 5.32 Å². The van der Waals surface area contributed by atoms with Crippen LogP contribution in [0, 0.1) is 0 Å². The summed E-state index contributed by atoms with van der Waals surface area (Å²) in [5.74, 6) is 0. The van der Waals surface area contributed by atoms with E-state index >= 15 is 0 Å². The van der Waals surface area contributed by atoms with Crippen LogP contribution in [0.5, 0.6) is 0 Å². The lowest BCUT2D eigenvalue weighted by Gasteiger charge is -2.17. The first-order chi connectivity index (χ1) is 9.26. The van der Waals surface area contributed by atoms with Gasteiger partial charge in [-0.05, 0) is 51.6 Å². The third-order valence-corrected chi connectivity index (χ3v) is 2.94. The quantitative estimate of drug-likeness (QED) is 0.805. The Morgan fingerprint density at radius 3 is 2.55 bits per heavy atom. The van der Waals surface area contributed by atoms with Crippen molar-refractivity contribution in [2.75, 3.05) is 19.4 Å². The van der Waals surface area contributed by atoms with E-state index in [1.807, 2.05) is 45.3 Å². The molecule has 2 nitrogen and oxygen atoms in total. The molecule has 1 atom stereocenters. The minimum atomic E-state index is -4.05. The Morgan fingerprint density at radius 2 is 1.95 bits per heavy atom. The van der Waals surface area contributed by atoms with Gasteiger partial charge in [0.05, 0.1) is 0 Å². The summed E-state index contributed by atoms with van der Waals surface area (Å²) >= 11 is 0. The maximum Gasteiger partial charge on any atom is 0.389 e. The Hall–Kier alpha value is -1.23. The third kappa shape index (κ3) is 7.38. The zero-order valence-electron chi connectivity index (χ0n) is 12.3. The maximum atomic E-state index is 12.1. The van der Waals surface area contributed by atoms with Crippen molar-refractivity contribution < 1.29 is 13.2 Å².